The normalized spacial score (nSPS) is 34.4. The third-order valence-corrected chi connectivity index (χ3v) is 4.76. The van der Waals surface area contributed by atoms with Crippen molar-refractivity contribution in [3.8, 4) is 0 Å². The van der Waals surface area contributed by atoms with Crippen molar-refractivity contribution in [1.29, 1.82) is 0 Å². The van der Waals surface area contributed by atoms with Gasteiger partial charge < -0.3 is 5.32 Å². The van der Waals surface area contributed by atoms with Gasteiger partial charge in [-0.1, -0.05) is 25.5 Å². The van der Waals surface area contributed by atoms with E-state index in [1.807, 2.05) is 0 Å². The minimum atomic E-state index is 0.551. The van der Waals surface area contributed by atoms with Crippen LogP contribution >= 0.6 is 0 Å². The molecule has 0 aromatic carbocycles. The fraction of sp³-hybridized carbons (Fsp3) is 0.867. The second-order valence-electron chi connectivity index (χ2n) is 5.75. The van der Waals surface area contributed by atoms with Crippen LogP contribution in [0.3, 0.4) is 0 Å². The Kier molecular flexibility index (Phi) is 4.07. The van der Waals surface area contributed by atoms with Gasteiger partial charge in [0, 0.05) is 12.0 Å². The largest absolute Gasteiger partial charge is 0.316 e. The molecule has 1 fully saturated rings. The molecule has 1 heteroatoms. The SMILES string of the molecule is CCCNCC1(C2=CCCCC2)CCC1C. The average Bonchev–Trinajstić information content (AvgIpc) is 2.34. The standard InChI is InChI=1S/C15H27N/c1-3-11-16-12-15(10-9-13(15)2)14-7-5-4-6-8-14/h7,13,16H,3-6,8-12H2,1-2H3. The predicted molar refractivity (Wildman–Crippen MR) is 70.5 cm³/mol. The molecule has 1 saturated carbocycles. The Morgan fingerprint density at radius 3 is 2.81 bits per heavy atom. The zero-order chi connectivity index (χ0) is 11.4. The van der Waals surface area contributed by atoms with E-state index in [-0.39, 0.29) is 0 Å². The molecule has 1 N–H and O–H groups in total. The number of hydrogen-bond acceptors (Lipinski definition) is 1. The second kappa shape index (κ2) is 5.35. The van der Waals surface area contributed by atoms with Crippen LogP contribution < -0.4 is 5.32 Å². The van der Waals surface area contributed by atoms with Crippen molar-refractivity contribution < 1.29 is 0 Å². The first kappa shape index (κ1) is 12.2. The Balaban J connectivity index is 2.00. The second-order valence-corrected chi connectivity index (χ2v) is 5.75. The fourth-order valence-electron chi connectivity index (χ4n) is 3.41. The first-order valence-corrected chi connectivity index (χ1v) is 7.20. The summed E-state index contributed by atoms with van der Waals surface area (Å²) in [7, 11) is 0. The molecule has 0 aliphatic heterocycles. The lowest BCUT2D eigenvalue weighted by Gasteiger charge is -2.51. The van der Waals surface area contributed by atoms with E-state index in [0.717, 1.165) is 5.92 Å². The quantitative estimate of drug-likeness (QED) is 0.548. The highest BCUT2D eigenvalue weighted by molar-refractivity contribution is 5.22. The van der Waals surface area contributed by atoms with Gasteiger partial charge in [-0.15, -0.1) is 0 Å². The molecular formula is C15H27N. The van der Waals surface area contributed by atoms with Crippen LogP contribution in [0.2, 0.25) is 0 Å². The molecule has 2 unspecified atom stereocenters. The summed E-state index contributed by atoms with van der Waals surface area (Å²) in [6, 6.07) is 0. The Hall–Kier alpha value is -0.300. The number of hydrogen-bond donors (Lipinski definition) is 1. The highest BCUT2D eigenvalue weighted by atomic mass is 14.9. The van der Waals surface area contributed by atoms with E-state index >= 15 is 0 Å². The first-order chi connectivity index (χ1) is 7.79. The van der Waals surface area contributed by atoms with Crippen LogP contribution in [0.25, 0.3) is 0 Å². The highest BCUT2D eigenvalue weighted by Crippen LogP contribution is 2.53. The van der Waals surface area contributed by atoms with Gasteiger partial charge in [-0.25, -0.2) is 0 Å². The lowest BCUT2D eigenvalue weighted by atomic mass is 9.55. The monoisotopic (exact) mass is 221 g/mol. The average molecular weight is 221 g/mol. The van der Waals surface area contributed by atoms with Gasteiger partial charge in [-0.05, 0) is 57.4 Å². The van der Waals surface area contributed by atoms with E-state index in [0.29, 0.717) is 5.41 Å². The molecule has 0 amide bonds. The molecule has 2 rings (SSSR count). The van der Waals surface area contributed by atoms with Gasteiger partial charge in [0.15, 0.2) is 0 Å². The number of nitrogens with one attached hydrogen (secondary N) is 1. The summed E-state index contributed by atoms with van der Waals surface area (Å²) in [6.45, 7) is 7.12. The van der Waals surface area contributed by atoms with Crippen molar-refractivity contribution >= 4 is 0 Å². The fourth-order valence-corrected chi connectivity index (χ4v) is 3.41. The predicted octanol–water partition coefficient (Wildman–Crippen LogP) is 3.90. The topological polar surface area (TPSA) is 12.0 Å². The maximum atomic E-state index is 3.66. The molecule has 2 atom stereocenters. The van der Waals surface area contributed by atoms with Gasteiger partial charge in [0.25, 0.3) is 0 Å². The van der Waals surface area contributed by atoms with E-state index in [1.54, 1.807) is 5.57 Å². The van der Waals surface area contributed by atoms with Gasteiger partial charge in [-0.2, -0.15) is 0 Å². The van der Waals surface area contributed by atoms with Crippen molar-refractivity contribution in [2.24, 2.45) is 11.3 Å². The smallest absolute Gasteiger partial charge is 0.00623 e. The summed E-state index contributed by atoms with van der Waals surface area (Å²) in [4.78, 5) is 0. The van der Waals surface area contributed by atoms with Gasteiger partial charge >= 0.3 is 0 Å². The lowest BCUT2D eigenvalue weighted by Crippen LogP contribution is -2.48. The van der Waals surface area contributed by atoms with Crippen molar-refractivity contribution in [2.45, 2.75) is 58.8 Å². The molecule has 2 aliphatic rings. The Morgan fingerprint density at radius 2 is 2.31 bits per heavy atom. The molecule has 2 aliphatic carbocycles. The van der Waals surface area contributed by atoms with E-state index in [1.165, 1.54) is 58.0 Å². The molecule has 0 spiro atoms. The van der Waals surface area contributed by atoms with Crippen molar-refractivity contribution in [3.63, 3.8) is 0 Å². The van der Waals surface area contributed by atoms with Crippen LogP contribution in [0.4, 0.5) is 0 Å². The summed E-state index contributed by atoms with van der Waals surface area (Å²) in [5.74, 6) is 0.904. The zero-order valence-corrected chi connectivity index (χ0v) is 11.0. The van der Waals surface area contributed by atoms with Crippen LogP contribution in [0.15, 0.2) is 11.6 Å². The molecule has 0 heterocycles. The van der Waals surface area contributed by atoms with Gasteiger partial charge in [0.05, 0.1) is 0 Å². The Morgan fingerprint density at radius 1 is 1.44 bits per heavy atom. The Bertz CT molecular complexity index is 256. The zero-order valence-electron chi connectivity index (χ0n) is 11.0. The summed E-state index contributed by atoms with van der Waals surface area (Å²) < 4.78 is 0. The van der Waals surface area contributed by atoms with E-state index in [2.05, 4.69) is 25.2 Å². The summed E-state index contributed by atoms with van der Waals surface area (Å²) in [5.41, 5.74) is 2.34. The third-order valence-electron chi connectivity index (χ3n) is 4.76. The Labute approximate surface area is 101 Å². The van der Waals surface area contributed by atoms with Gasteiger partial charge in [0.2, 0.25) is 0 Å². The highest BCUT2D eigenvalue weighted by Gasteiger charge is 2.45. The number of allylic oxidation sites excluding steroid dienone is 1. The van der Waals surface area contributed by atoms with Crippen molar-refractivity contribution in [3.05, 3.63) is 11.6 Å². The molecule has 0 bridgehead atoms. The van der Waals surface area contributed by atoms with Gasteiger partial charge in [0.1, 0.15) is 0 Å². The summed E-state index contributed by atoms with van der Waals surface area (Å²) in [6.07, 6.45) is 12.2. The van der Waals surface area contributed by atoms with Crippen LogP contribution in [0.1, 0.15) is 58.8 Å². The minimum Gasteiger partial charge on any atom is -0.316 e. The maximum Gasteiger partial charge on any atom is 0.00623 e. The third kappa shape index (κ3) is 2.20. The molecule has 1 nitrogen and oxygen atoms in total. The maximum absolute atomic E-state index is 3.66. The van der Waals surface area contributed by atoms with Crippen molar-refractivity contribution in [1.82, 2.24) is 5.32 Å². The van der Waals surface area contributed by atoms with Gasteiger partial charge in [-0.3, -0.25) is 0 Å². The minimum absolute atomic E-state index is 0.551. The van der Waals surface area contributed by atoms with Crippen LogP contribution in [0.5, 0.6) is 0 Å². The molecule has 0 saturated heterocycles. The summed E-state index contributed by atoms with van der Waals surface area (Å²) in [5, 5.41) is 3.66. The number of rotatable bonds is 5. The lowest BCUT2D eigenvalue weighted by molar-refractivity contribution is 0.0796. The molecule has 0 radical (unpaired) electrons. The van der Waals surface area contributed by atoms with E-state index in [4.69, 9.17) is 0 Å². The van der Waals surface area contributed by atoms with Crippen LogP contribution in [0, 0.1) is 11.3 Å². The molecule has 0 aromatic heterocycles. The molecule has 92 valence electrons. The molecule has 16 heavy (non-hydrogen) atoms. The van der Waals surface area contributed by atoms with Crippen LogP contribution in [-0.4, -0.2) is 13.1 Å². The molecular weight excluding hydrogens is 194 g/mol. The summed E-state index contributed by atoms with van der Waals surface area (Å²) >= 11 is 0. The first-order valence-electron chi connectivity index (χ1n) is 7.20. The van der Waals surface area contributed by atoms with Crippen LogP contribution in [-0.2, 0) is 0 Å². The van der Waals surface area contributed by atoms with E-state index in [9.17, 15) is 0 Å². The molecule has 0 aromatic rings. The van der Waals surface area contributed by atoms with E-state index < -0.39 is 0 Å². The van der Waals surface area contributed by atoms with Crippen molar-refractivity contribution in [2.75, 3.05) is 13.1 Å².